The van der Waals surface area contributed by atoms with Gasteiger partial charge in [-0.3, -0.25) is 0 Å². The van der Waals surface area contributed by atoms with Crippen LogP contribution in [0.4, 0.5) is 0 Å². The van der Waals surface area contributed by atoms with Gasteiger partial charge in [0.25, 0.3) is 0 Å². The van der Waals surface area contributed by atoms with Gasteiger partial charge in [0.2, 0.25) is 0 Å². The highest BCUT2D eigenvalue weighted by molar-refractivity contribution is 5.91. The number of aryl methyl sites for hydroxylation is 1. The molecule has 0 radical (unpaired) electrons. The molecular formula is C18H15N3O. The van der Waals surface area contributed by atoms with Crippen LogP contribution in [0.2, 0.25) is 0 Å². The van der Waals surface area contributed by atoms with Crippen molar-refractivity contribution in [3.8, 4) is 11.8 Å². The topological polar surface area (TPSA) is 50.8 Å². The van der Waals surface area contributed by atoms with Crippen LogP contribution >= 0.6 is 0 Å². The fourth-order valence-electron chi connectivity index (χ4n) is 2.47. The quantitative estimate of drug-likeness (QED) is 0.692. The van der Waals surface area contributed by atoms with E-state index in [-0.39, 0.29) is 0 Å². The van der Waals surface area contributed by atoms with Gasteiger partial charge in [-0.05, 0) is 24.3 Å². The van der Waals surface area contributed by atoms with Gasteiger partial charge >= 0.3 is 0 Å². The molecule has 4 nitrogen and oxygen atoms in total. The second kappa shape index (κ2) is 5.74. The first-order chi connectivity index (χ1) is 10.7. The third-order valence-electron chi connectivity index (χ3n) is 3.59. The molecule has 0 amide bonds. The monoisotopic (exact) mass is 289 g/mol. The summed E-state index contributed by atoms with van der Waals surface area (Å²) in [6.07, 6.45) is 1.81. The van der Waals surface area contributed by atoms with E-state index in [2.05, 4.69) is 11.1 Å². The van der Waals surface area contributed by atoms with Gasteiger partial charge in [-0.15, -0.1) is 0 Å². The lowest BCUT2D eigenvalue weighted by Crippen LogP contribution is -1.96. The van der Waals surface area contributed by atoms with E-state index >= 15 is 0 Å². The Bertz CT molecular complexity index is 900. The van der Waals surface area contributed by atoms with E-state index in [1.165, 1.54) is 0 Å². The molecule has 0 spiro atoms. The van der Waals surface area contributed by atoms with Crippen molar-refractivity contribution >= 4 is 22.7 Å². The van der Waals surface area contributed by atoms with Crippen molar-refractivity contribution in [2.24, 2.45) is 7.05 Å². The molecule has 0 fully saturated rings. The summed E-state index contributed by atoms with van der Waals surface area (Å²) >= 11 is 0. The molecule has 0 unspecified atom stereocenters. The minimum atomic E-state index is 0.503. The number of fused-ring (bicyclic) bond motifs is 1. The Kier molecular flexibility index (Phi) is 3.63. The third-order valence-corrected chi connectivity index (χ3v) is 3.59. The standard InChI is InChI=1S/C18H15N3O/c1-21-16-9-5-4-8-15(16)20-18(21)14(12-19)11-13-7-3-6-10-17(13)22-2/h3-11H,1-2H3. The maximum atomic E-state index is 9.54. The Morgan fingerprint density at radius 3 is 2.64 bits per heavy atom. The van der Waals surface area contributed by atoms with Gasteiger partial charge in [-0.1, -0.05) is 30.3 Å². The van der Waals surface area contributed by atoms with Crippen molar-refractivity contribution in [2.45, 2.75) is 0 Å². The van der Waals surface area contributed by atoms with Gasteiger partial charge in [0.15, 0.2) is 5.82 Å². The molecule has 2 aromatic carbocycles. The number of para-hydroxylation sites is 3. The average Bonchev–Trinajstić information content (AvgIpc) is 2.90. The van der Waals surface area contributed by atoms with Crippen molar-refractivity contribution in [1.29, 1.82) is 5.26 Å². The minimum Gasteiger partial charge on any atom is -0.496 e. The summed E-state index contributed by atoms with van der Waals surface area (Å²) in [5.41, 5.74) is 3.23. The Balaban J connectivity index is 2.16. The predicted molar refractivity (Wildman–Crippen MR) is 87.2 cm³/mol. The van der Waals surface area contributed by atoms with Crippen LogP contribution in [0.25, 0.3) is 22.7 Å². The zero-order chi connectivity index (χ0) is 15.5. The first-order valence-electron chi connectivity index (χ1n) is 6.91. The zero-order valence-corrected chi connectivity index (χ0v) is 12.4. The maximum Gasteiger partial charge on any atom is 0.151 e. The summed E-state index contributed by atoms with van der Waals surface area (Å²) in [6, 6.07) is 17.7. The molecule has 0 atom stereocenters. The van der Waals surface area contributed by atoms with Gasteiger partial charge in [0.1, 0.15) is 11.8 Å². The lowest BCUT2D eigenvalue weighted by atomic mass is 10.1. The smallest absolute Gasteiger partial charge is 0.151 e. The van der Waals surface area contributed by atoms with Gasteiger partial charge in [0, 0.05) is 12.6 Å². The van der Waals surface area contributed by atoms with Crippen molar-refractivity contribution < 1.29 is 4.74 Å². The van der Waals surface area contributed by atoms with Crippen LogP contribution in [-0.4, -0.2) is 16.7 Å². The second-order valence-electron chi connectivity index (χ2n) is 4.89. The van der Waals surface area contributed by atoms with E-state index in [0.717, 1.165) is 22.3 Å². The van der Waals surface area contributed by atoms with Crippen molar-refractivity contribution in [2.75, 3.05) is 7.11 Å². The highest BCUT2D eigenvalue weighted by Gasteiger charge is 2.12. The van der Waals surface area contributed by atoms with Crippen LogP contribution in [0.15, 0.2) is 48.5 Å². The third kappa shape index (κ3) is 2.33. The fourth-order valence-corrected chi connectivity index (χ4v) is 2.47. The summed E-state index contributed by atoms with van der Waals surface area (Å²) in [5, 5.41) is 9.54. The first-order valence-corrected chi connectivity index (χ1v) is 6.91. The molecule has 0 aliphatic rings. The first kappa shape index (κ1) is 13.9. The van der Waals surface area contributed by atoms with Crippen LogP contribution in [0.5, 0.6) is 5.75 Å². The summed E-state index contributed by atoms with van der Waals surface area (Å²) < 4.78 is 7.26. The maximum absolute atomic E-state index is 9.54. The summed E-state index contributed by atoms with van der Waals surface area (Å²) in [7, 11) is 3.53. The molecule has 0 bridgehead atoms. The number of benzene rings is 2. The minimum absolute atomic E-state index is 0.503. The van der Waals surface area contributed by atoms with Gasteiger partial charge < -0.3 is 9.30 Å². The van der Waals surface area contributed by atoms with Crippen molar-refractivity contribution in [3.63, 3.8) is 0 Å². The molecule has 3 rings (SSSR count). The number of hydrogen-bond acceptors (Lipinski definition) is 3. The van der Waals surface area contributed by atoms with E-state index in [9.17, 15) is 5.26 Å². The molecule has 1 aromatic heterocycles. The summed E-state index contributed by atoms with van der Waals surface area (Å²) in [4.78, 5) is 4.57. The number of rotatable bonds is 3. The molecule has 0 aliphatic carbocycles. The zero-order valence-electron chi connectivity index (χ0n) is 12.4. The van der Waals surface area contributed by atoms with Crippen LogP contribution in [-0.2, 0) is 7.05 Å². The Morgan fingerprint density at radius 2 is 1.91 bits per heavy atom. The number of nitriles is 1. The van der Waals surface area contributed by atoms with Crippen LogP contribution in [0, 0.1) is 11.3 Å². The molecule has 1 heterocycles. The SMILES string of the molecule is COc1ccccc1C=C(C#N)c1nc2ccccc2n1C. The highest BCUT2D eigenvalue weighted by Crippen LogP contribution is 2.25. The Hall–Kier alpha value is -3.06. The molecule has 22 heavy (non-hydrogen) atoms. The molecule has 108 valence electrons. The van der Waals surface area contributed by atoms with E-state index in [1.54, 1.807) is 13.2 Å². The number of allylic oxidation sites excluding steroid dienone is 1. The molecule has 0 saturated carbocycles. The number of nitrogens with zero attached hydrogens (tertiary/aromatic N) is 3. The van der Waals surface area contributed by atoms with Crippen LogP contribution in [0.1, 0.15) is 11.4 Å². The number of imidazole rings is 1. The van der Waals surface area contributed by atoms with Crippen molar-refractivity contribution in [3.05, 3.63) is 59.9 Å². The average molecular weight is 289 g/mol. The number of aromatic nitrogens is 2. The van der Waals surface area contributed by atoms with Gasteiger partial charge in [-0.2, -0.15) is 5.26 Å². The number of hydrogen-bond donors (Lipinski definition) is 0. The van der Waals surface area contributed by atoms with E-state index < -0.39 is 0 Å². The number of methoxy groups -OCH3 is 1. The van der Waals surface area contributed by atoms with E-state index in [0.29, 0.717) is 11.4 Å². The fraction of sp³-hybridized carbons (Fsp3) is 0.111. The lowest BCUT2D eigenvalue weighted by molar-refractivity contribution is 0.414. The Morgan fingerprint density at radius 1 is 1.18 bits per heavy atom. The predicted octanol–water partition coefficient (Wildman–Crippen LogP) is 3.65. The highest BCUT2D eigenvalue weighted by atomic mass is 16.5. The Labute approximate surface area is 128 Å². The van der Waals surface area contributed by atoms with E-state index in [1.807, 2.05) is 60.1 Å². The van der Waals surface area contributed by atoms with Gasteiger partial charge in [0.05, 0.1) is 23.7 Å². The largest absolute Gasteiger partial charge is 0.496 e. The molecule has 4 heteroatoms. The van der Waals surface area contributed by atoms with Gasteiger partial charge in [-0.25, -0.2) is 4.98 Å². The lowest BCUT2D eigenvalue weighted by Gasteiger charge is -2.05. The molecular weight excluding hydrogens is 274 g/mol. The molecule has 0 saturated heterocycles. The second-order valence-corrected chi connectivity index (χ2v) is 4.89. The normalized spacial score (nSPS) is 11.4. The molecule has 3 aromatic rings. The summed E-state index contributed by atoms with van der Waals surface area (Å²) in [5.74, 6) is 1.38. The number of ether oxygens (including phenoxy) is 1. The van der Waals surface area contributed by atoms with E-state index in [4.69, 9.17) is 4.74 Å². The molecule has 0 N–H and O–H groups in total. The molecule has 0 aliphatic heterocycles. The van der Waals surface area contributed by atoms with Crippen molar-refractivity contribution in [1.82, 2.24) is 9.55 Å². The van der Waals surface area contributed by atoms with Crippen LogP contribution < -0.4 is 4.74 Å². The summed E-state index contributed by atoms with van der Waals surface area (Å²) in [6.45, 7) is 0. The van der Waals surface area contributed by atoms with Crippen LogP contribution in [0.3, 0.4) is 0 Å².